The smallest absolute Gasteiger partial charge is 0.324 e. The quantitative estimate of drug-likeness (QED) is 0.414. The summed E-state index contributed by atoms with van der Waals surface area (Å²) in [6.07, 6.45) is 2.84. The van der Waals surface area contributed by atoms with Gasteiger partial charge in [-0.1, -0.05) is 11.3 Å². The third kappa shape index (κ3) is 3.76. The van der Waals surface area contributed by atoms with Crippen molar-refractivity contribution in [2.75, 3.05) is 5.32 Å². The van der Waals surface area contributed by atoms with Crippen molar-refractivity contribution >= 4 is 44.8 Å². The summed E-state index contributed by atoms with van der Waals surface area (Å²) in [5, 5.41) is 15.5. The van der Waals surface area contributed by atoms with Crippen molar-refractivity contribution in [3.63, 3.8) is 0 Å². The van der Waals surface area contributed by atoms with Gasteiger partial charge >= 0.3 is 5.00 Å². The van der Waals surface area contributed by atoms with Crippen molar-refractivity contribution < 1.29 is 14.1 Å². The number of nitrogens with zero attached hydrogens (tertiary/aromatic N) is 2. The van der Waals surface area contributed by atoms with Crippen molar-refractivity contribution in [1.29, 1.82) is 0 Å². The molecule has 0 atom stereocenters. The molecule has 0 saturated carbocycles. The minimum atomic E-state index is -0.463. The number of thiazole rings is 1. The number of carbonyl (C=O) groups excluding carboxylic acids is 1. The van der Waals surface area contributed by atoms with Crippen LogP contribution < -0.4 is 5.32 Å². The number of aryl methyl sites for hydroxylation is 1. The third-order valence-corrected chi connectivity index (χ3v) is 4.68. The summed E-state index contributed by atoms with van der Waals surface area (Å²) in [7, 11) is 0. The molecule has 9 heteroatoms. The normalized spacial score (nSPS) is 11.0. The van der Waals surface area contributed by atoms with Gasteiger partial charge in [0.1, 0.15) is 11.5 Å². The SMILES string of the molecule is Cc1ccc(-c2csc(NC(=O)/C=C/c3ccc([N+](=O)[O-])s3)n2)o1. The van der Waals surface area contributed by atoms with Crippen LogP contribution in [-0.4, -0.2) is 15.8 Å². The van der Waals surface area contributed by atoms with E-state index in [1.807, 2.05) is 19.1 Å². The molecule has 0 fully saturated rings. The van der Waals surface area contributed by atoms with Gasteiger partial charge in [-0.05, 0) is 31.2 Å². The van der Waals surface area contributed by atoms with E-state index in [2.05, 4.69) is 10.3 Å². The maximum absolute atomic E-state index is 11.9. The first kappa shape index (κ1) is 16.1. The molecule has 3 aromatic heterocycles. The topological polar surface area (TPSA) is 98.3 Å². The molecule has 0 spiro atoms. The summed E-state index contributed by atoms with van der Waals surface area (Å²) in [5.74, 6) is 1.07. The lowest BCUT2D eigenvalue weighted by Crippen LogP contribution is -2.07. The van der Waals surface area contributed by atoms with Gasteiger partial charge in [0.15, 0.2) is 10.9 Å². The summed E-state index contributed by atoms with van der Waals surface area (Å²) < 4.78 is 5.48. The molecule has 0 bridgehead atoms. The van der Waals surface area contributed by atoms with Gasteiger partial charge in [0.05, 0.1) is 4.92 Å². The highest BCUT2D eigenvalue weighted by Crippen LogP contribution is 2.27. The summed E-state index contributed by atoms with van der Waals surface area (Å²) in [6.45, 7) is 1.85. The molecule has 122 valence electrons. The number of hydrogen-bond acceptors (Lipinski definition) is 7. The second-order valence-electron chi connectivity index (χ2n) is 4.70. The molecule has 0 aromatic carbocycles. The molecule has 3 rings (SSSR count). The lowest BCUT2D eigenvalue weighted by Gasteiger charge is -1.95. The lowest BCUT2D eigenvalue weighted by molar-refractivity contribution is -0.380. The minimum absolute atomic E-state index is 0.0355. The van der Waals surface area contributed by atoms with Crippen LogP contribution >= 0.6 is 22.7 Å². The van der Waals surface area contributed by atoms with E-state index in [1.54, 1.807) is 11.4 Å². The molecule has 7 nitrogen and oxygen atoms in total. The molecule has 24 heavy (non-hydrogen) atoms. The average Bonchev–Trinajstić information content (AvgIpc) is 3.25. The maximum Gasteiger partial charge on any atom is 0.324 e. The maximum atomic E-state index is 11.9. The Kier molecular flexibility index (Phi) is 4.54. The number of nitrogens with one attached hydrogen (secondary N) is 1. The molecule has 3 heterocycles. The standard InChI is InChI=1S/C15H11N3O4S2/c1-9-2-5-12(22-9)11-8-23-15(16-11)17-13(19)6-3-10-4-7-14(24-10)18(20)21/h2-8H,1H3,(H,16,17,19)/b6-3+. The van der Waals surface area contributed by atoms with Crippen LogP contribution in [0.3, 0.4) is 0 Å². The largest absolute Gasteiger partial charge is 0.460 e. The molecule has 0 aliphatic heterocycles. The number of rotatable bonds is 5. The summed E-state index contributed by atoms with van der Waals surface area (Å²) in [6, 6.07) is 6.66. The second-order valence-corrected chi connectivity index (χ2v) is 6.66. The molecule has 0 saturated heterocycles. The van der Waals surface area contributed by atoms with Crippen LogP contribution in [0, 0.1) is 17.0 Å². The first-order valence-corrected chi connectivity index (χ1v) is 8.46. The van der Waals surface area contributed by atoms with Gasteiger partial charge in [-0.2, -0.15) is 0 Å². The zero-order valence-corrected chi connectivity index (χ0v) is 14.0. The van der Waals surface area contributed by atoms with Crippen molar-refractivity contribution in [3.8, 4) is 11.5 Å². The van der Waals surface area contributed by atoms with Gasteiger partial charge in [-0.25, -0.2) is 4.98 Å². The van der Waals surface area contributed by atoms with Crippen LogP contribution in [0.4, 0.5) is 10.1 Å². The van der Waals surface area contributed by atoms with E-state index in [-0.39, 0.29) is 10.9 Å². The Morgan fingerprint density at radius 2 is 2.21 bits per heavy atom. The number of nitro groups is 1. The van der Waals surface area contributed by atoms with Crippen molar-refractivity contribution in [2.24, 2.45) is 0 Å². The Hall–Kier alpha value is -2.78. The number of anilines is 1. The summed E-state index contributed by atoms with van der Waals surface area (Å²) in [5.41, 5.74) is 0.654. The van der Waals surface area contributed by atoms with Crippen molar-refractivity contribution in [1.82, 2.24) is 4.98 Å². The van der Waals surface area contributed by atoms with Gasteiger partial charge in [0.25, 0.3) is 0 Å². The Morgan fingerprint density at radius 1 is 1.38 bits per heavy atom. The predicted molar refractivity (Wildman–Crippen MR) is 93.2 cm³/mol. The molecule has 0 unspecified atom stereocenters. The van der Waals surface area contributed by atoms with Gasteiger partial charge in [-0.3, -0.25) is 20.2 Å². The van der Waals surface area contributed by atoms with E-state index >= 15 is 0 Å². The number of furan rings is 1. The zero-order chi connectivity index (χ0) is 17.1. The second kappa shape index (κ2) is 6.77. The Balaban J connectivity index is 1.63. The molecule has 0 aliphatic carbocycles. The number of hydrogen-bond donors (Lipinski definition) is 1. The van der Waals surface area contributed by atoms with Crippen LogP contribution in [0.5, 0.6) is 0 Å². The highest BCUT2D eigenvalue weighted by atomic mass is 32.1. The molecule has 0 aliphatic rings. The van der Waals surface area contributed by atoms with E-state index in [1.165, 1.54) is 29.6 Å². The van der Waals surface area contributed by atoms with Gasteiger partial charge < -0.3 is 4.42 Å². The van der Waals surface area contributed by atoms with Crippen LogP contribution in [0.2, 0.25) is 0 Å². The van der Waals surface area contributed by atoms with E-state index in [4.69, 9.17) is 4.42 Å². The summed E-state index contributed by atoms with van der Waals surface area (Å²) >= 11 is 2.29. The fourth-order valence-electron chi connectivity index (χ4n) is 1.85. The predicted octanol–water partition coefficient (Wildman–Crippen LogP) is 4.33. The van der Waals surface area contributed by atoms with Gasteiger partial charge in [0.2, 0.25) is 5.91 Å². The number of carbonyl (C=O) groups is 1. The van der Waals surface area contributed by atoms with E-state index in [0.29, 0.717) is 21.5 Å². The van der Waals surface area contributed by atoms with Crippen LogP contribution in [0.1, 0.15) is 10.6 Å². The average molecular weight is 361 g/mol. The first-order chi connectivity index (χ1) is 11.5. The number of amides is 1. The van der Waals surface area contributed by atoms with E-state index < -0.39 is 4.92 Å². The Bertz CT molecular complexity index is 923. The fraction of sp³-hybridized carbons (Fsp3) is 0.0667. The minimum Gasteiger partial charge on any atom is -0.460 e. The molecule has 0 radical (unpaired) electrons. The highest BCUT2D eigenvalue weighted by molar-refractivity contribution is 7.16. The number of aromatic nitrogens is 1. The van der Waals surface area contributed by atoms with Gasteiger partial charge in [0, 0.05) is 22.4 Å². The van der Waals surface area contributed by atoms with E-state index in [9.17, 15) is 14.9 Å². The zero-order valence-electron chi connectivity index (χ0n) is 12.4. The molecular formula is C15H11N3O4S2. The third-order valence-electron chi connectivity index (χ3n) is 2.92. The van der Waals surface area contributed by atoms with Crippen LogP contribution in [0.25, 0.3) is 17.5 Å². The van der Waals surface area contributed by atoms with Crippen LogP contribution in [0.15, 0.2) is 40.1 Å². The molecule has 1 amide bonds. The molecule has 3 aromatic rings. The van der Waals surface area contributed by atoms with Crippen LogP contribution in [-0.2, 0) is 4.79 Å². The summed E-state index contributed by atoms with van der Waals surface area (Å²) in [4.78, 5) is 27.0. The Labute approximate surface area is 144 Å². The first-order valence-electron chi connectivity index (χ1n) is 6.77. The Morgan fingerprint density at radius 3 is 2.88 bits per heavy atom. The van der Waals surface area contributed by atoms with Crippen molar-refractivity contribution in [3.05, 3.63) is 56.5 Å². The monoisotopic (exact) mass is 361 g/mol. The fourth-order valence-corrected chi connectivity index (χ4v) is 3.28. The van der Waals surface area contributed by atoms with E-state index in [0.717, 1.165) is 17.1 Å². The molecule has 1 N–H and O–H groups in total. The molecular weight excluding hydrogens is 350 g/mol. The van der Waals surface area contributed by atoms with Gasteiger partial charge in [-0.15, -0.1) is 11.3 Å². The van der Waals surface area contributed by atoms with Crippen molar-refractivity contribution in [2.45, 2.75) is 6.92 Å². The highest BCUT2D eigenvalue weighted by Gasteiger charge is 2.10. The number of thiophene rings is 1. The lowest BCUT2D eigenvalue weighted by atomic mass is 10.4.